The second kappa shape index (κ2) is 11.2. The van der Waals surface area contributed by atoms with E-state index in [1.165, 1.54) is 32.6 Å². The van der Waals surface area contributed by atoms with Crippen molar-refractivity contribution in [2.24, 2.45) is 0 Å². The highest BCUT2D eigenvalue weighted by molar-refractivity contribution is 6.15. The van der Waals surface area contributed by atoms with E-state index >= 15 is 0 Å². The summed E-state index contributed by atoms with van der Waals surface area (Å²) < 4.78 is 8.89. The number of para-hydroxylation sites is 3. The van der Waals surface area contributed by atoms with E-state index in [1.54, 1.807) is 0 Å². The summed E-state index contributed by atoms with van der Waals surface area (Å²) in [6.07, 6.45) is 0. The third kappa shape index (κ3) is 4.34. The average molecular weight is 664 g/mol. The van der Waals surface area contributed by atoms with Crippen LogP contribution in [0.4, 0.5) is 0 Å². The van der Waals surface area contributed by atoms with Gasteiger partial charge in [0, 0.05) is 38.1 Å². The standard InChI is InChI=1S/C48H29N3O/c1-2-13-30(14-3-1)41-29-42(50-48(49-41)39-22-12-21-38-37-20-9-11-24-46(37)52-47(38)39)34-25-26-44(35-18-7-6-17-33(34)35)51-43-23-10-8-19-36(43)40-27-31-15-4-5-16-32(31)28-45(40)51/h1-29H. The molecule has 0 saturated heterocycles. The first-order valence-electron chi connectivity index (χ1n) is 17.6. The van der Waals surface area contributed by atoms with Crippen molar-refractivity contribution in [3.05, 3.63) is 176 Å². The number of hydrogen-bond donors (Lipinski definition) is 0. The summed E-state index contributed by atoms with van der Waals surface area (Å²) in [6.45, 7) is 0. The Morgan fingerprint density at radius 3 is 1.94 bits per heavy atom. The van der Waals surface area contributed by atoms with Gasteiger partial charge >= 0.3 is 0 Å². The Bertz CT molecular complexity index is 3190. The highest BCUT2D eigenvalue weighted by atomic mass is 16.3. The van der Waals surface area contributed by atoms with Crippen LogP contribution in [-0.2, 0) is 0 Å². The minimum atomic E-state index is 0.628. The van der Waals surface area contributed by atoms with Gasteiger partial charge in [-0.2, -0.15) is 0 Å². The molecule has 8 aromatic carbocycles. The molecule has 0 unspecified atom stereocenters. The van der Waals surface area contributed by atoms with Gasteiger partial charge in [0.25, 0.3) is 0 Å². The van der Waals surface area contributed by atoms with Crippen molar-refractivity contribution in [3.63, 3.8) is 0 Å². The maximum absolute atomic E-state index is 6.47. The van der Waals surface area contributed by atoms with Crippen LogP contribution in [0, 0.1) is 0 Å². The predicted molar refractivity (Wildman–Crippen MR) is 215 cm³/mol. The van der Waals surface area contributed by atoms with Crippen molar-refractivity contribution in [1.29, 1.82) is 0 Å². The maximum atomic E-state index is 6.47. The molecule has 0 saturated carbocycles. The van der Waals surface area contributed by atoms with Gasteiger partial charge in [0.15, 0.2) is 5.82 Å². The fourth-order valence-electron chi connectivity index (χ4n) is 8.00. The smallest absolute Gasteiger partial charge is 0.164 e. The molecule has 0 aliphatic heterocycles. The van der Waals surface area contributed by atoms with E-state index < -0.39 is 0 Å². The number of benzene rings is 8. The number of aromatic nitrogens is 3. The molecule has 0 radical (unpaired) electrons. The first kappa shape index (κ1) is 28.8. The zero-order valence-electron chi connectivity index (χ0n) is 28.0. The second-order valence-electron chi connectivity index (χ2n) is 13.4. The van der Waals surface area contributed by atoms with Gasteiger partial charge in [-0.15, -0.1) is 0 Å². The molecule has 0 N–H and O–H groups in total. The minimum absolute atomic E-state index is 0.628. The van der Waals surface area contributed by atoms with Crippen LogP contribution in [0.3, 0.4) is 0 Å². The molecule has 0 fully saturated rings. The monoisotopic (exact) mass is 663 g/mol. The molecular formula is C48H29N3O. The quantitative estimate of drug-likeness (QED) is 0.188. The molecule has 11 aromatic rings. The molecule has 52 heavy (non-hydrogen) atoms. The number of fused-ring (bicyclic) bond motifs is 8. The minimum Gasteiger partial charge on any atom is -0.455 e. The van der Waals surface area contributed by atoms with Gasteiger partial charge < -0.3 is 8.98 Å². The SMILES string of the molecule is c1ccc(-c2cc(-c3ccc(-n4c5ccccc5c5cc6ccccc6cc54)c4ccccc34)nc(-c3cccc4c3oc3ccccc34)n2)cc1. The number of furan rings is 1. The molecule has 4 heteroatoms. The van der Waals surface area contributed by atoms with Crippen LogP contribution in [-0.4, -0.2) is 14.5 Å². The molecule has 0 aliphatic carbocycles. The fourth-order valence-corrected chi connectivity index (χ4v) is 8.00. The van der Waals surface area contributed by atoms with Gasteiger partial charge in [-0.05, 0) is 58.6 Å². The lowest BCUT2D eigenvalue weighted by atomic mass is 9.98. The van der Waals surface area contributed by atoms with Crippen molar-refractivity contribution < 1.29 is 4.42 Å². The first-order chi connectivity index (χ1) is 25.8. The van der Waals surface area contributed by atoms with Gasteiger partial charge in [0.1, 0.15) is 11.2 Å². The molecule has 0 aliphatic rings. The largest absolute Gasteiger partial charge is 0.455 e. The molecule has 242 valence electrons. The Kier molecular flexibility index (Phi) is 6.22. The number of hydrogen-bond acceptors (Lipinski definition) is 3. The third-order valence-electron chi connectivity index (χ3n) is 10.4. The molecule has 3 aromatic heterocycles. The van der Waals surface area contributed by atoms with E-state index in [0.717, 1.165) is 66.5 Å². The van der Waals surface area contributed by atoms with Crippen LogP contribution in [0.15, 0.2) is 180 Å². The molecule has 4 nitrogen and oxygen atoms in total. The lowest BCUT2D eigenvalue weighted by Gasteiger charge is -2.16. The highest BCUT2D eigenvalue weighted by Crippen LogP contribution is 2.41. The summed E-state index contributed by atoms with van der Waals surface area (Å²) in [6, 6.07) is 62.0. The summed E-state index contributed by atoms with van der Waals surface area (Å²) in [5, 5.41) is 9.36. The summed E-state index contributed by atoms with van der Waals surface area (Å²) in [7, 11) is 0. The van der Waals surface area contributed by atoms with Gasteiger partial charge in [-0.1, -0.05) is 133 Å². The molecule has 0 amide bonds. The van der Waals surface area contributed by atoms with Crippen LogP contribution >= 0.6 is 0 Å². The maximum Gasteiger partial charge on any atom is 0.164 e. The predicted octanol–water partition coefficient (Wildman–Crippen LogP) is 12.8. The normalized spacial score (nSPS) is 11.8. The molecule has 0 atom stereocenters. The summed E-state index contributed by atoms with van der Waals surface area (Å²) in [5.74, 6) is 0.628. The summed E-state index contributed by atoms with van der Waals surface area (Å²) in [4.78, 5) is 10.5. The zero-order chi connectivity index (χ0) is 34.2. The van der Waals surface area contributed by atoms with E-state index in [-0.39, 0.29) is 0 Å². The van der Waals surface area contributed by atoms with Gasteiger partial charge in [0.2, 0.25) is 0 Å². The first-order valence-corrected chi connectivity index (χ1v) is 17.6. The number of nitrogens with zero attached hydrogens (tertiary/aromatic N) is 3. The van der Waals surface area contributed by atoms with E-state index in [2.05, 4.69) is 156 Å². The Morgan fingerprint density at radius 1 is 0.404 bits per heavy atom. The van der Waals surface area contributed by atoms with E-state index in [4.69, 9.17) is 14.4 Å². The van der Waals surface area contributed by atoms with Gasteiger partial charge in [-0.3, -0.25) is 0 Å². The molecular weight excluding hydrogens is 635 g/mol. The molecule has 3 heterocycles. The molecule has 11 rings (SSSR count). The average Bonchev–Trinajstić information content (AvgIpc) is 3.75. The second-order valence-corrected chi connectivity index (χ2v) is 13.4. The van der Waals surface area contributed by atoms with Crippen LogP contribution in [0.25, 0.3) is 105 Å². The van der Waals surface area contributed by atoms with E-state index in [1.807, 2.05) is 24.3 Å². The fraction of sp³-hybridized carbons (Fsp3) is 0. The van der Waals surface area contributed by atoms with Crippen molar-refractivity contribution in [3.8, 4) is 39.6 Å². The third-order valence-corrected chi connectivity index (χ3v) is 10.4. The summed E-state index contributed by atoms with van der Waals surface area (Å²) in [5.41, 5.74) is 9.79. The number of rotatable bonds is 4. The van der Waals surface area contributed by atoms with E-state index in [0.29, 0.717) is 5.82 Å². The Balaban J connectivity index is 1.17. The van der Waals surface area contributed by atoms with E-state index in [9.17, 15) is 0 Å². The Hall–Kier alpha value is -7.04. The van der Waals surface area contributed by atoms with Gasteiger partial charge in [-0.25, -0.2) is 9.97 Å². The topological polar surface area (TPSA) is 43.9 Å². The van der Waals surface area contributed by atoms with Crippen molar-refractivity contribution in [2.75, 3.05) is 0 Å². The van der Waals surface area contributed by atoms with Crippen LogP contribution in [0.1, 0.15) is 0 Å². The van der Waals surface area contributed by atoms with Crippen molar-refractivity contribution in [1.82, 2.24) is 14.5 Å². The van der Waals surface area contributed by atoms with Crippen LogP contribution in [0.2, 0.25) is 0 Å². The zero-order valence-corrected chi connectivity index (χ0v) is 28.0. The Morgan fingerprint density at radius 2 is 1.08 bits per heavy atom. The van der Waals surface area contributed by atoms with Crippen LogP contribution < -0.4 is 0 Å². The van der Waals surface area contributed by atoms with Gasteiger partial charge in [0.05, 0.1) is 33.7 Å². The molecule has 0 spiro atoms. The lowest BCUT2D eigenvalue weighted by molar-refractivity contribution is 0.669. The van der Waals surface area contributed by atoms with Crippen molar-refractivity contribution >= 4 is 65.3 Å². The van der Waals surface area contributed by atoms with Crippen molar-refractivity contribution in [2.45, 2.75) is 0 Å². The lowest BCUT2D eigenvalue weighted by Crippen LogP contribution is -1.99. The summed E-state index contributed by atoms with van der Waals surface area (Å²) >= 11 is 0. The highest BCUT2D eigenvalue weighted by Gasteiger charge is 2.20. The molecule has 0 bridgehead atoms. The van der Waals surface area contributed by atoms with Crippen LogP contribution in [0.5, 0.6) is 0 Å². The Labute approximate surface area is 298 Å².